The van der Waals surface area contributed by atoms with Crippen LogP contribution in [0.3, 0.4) is 0 Å². The van der Waals surface area contributed by atoms with Gasteiger partial charge in [-0.1, -0.05) is 29.3 Å². The van der Waals surface area contributed by atoms with Gasteiger partial charge >= 0.3 is 0 Å². The van der Waals surface area contributed by atoms with Crippen molar-refractivity contribution in [3.8, 4) is 11.3 Å². The normalized spacial score (nSPS) is 10.5. The smallest absolute Gasteiger partial charge is 0.227 e. The van der Waals surface area contributed by atoms with Crippen LogP contribution in [0.2, 0.25) is 10.2 Å². The van der Waals surface area contributed by atoms with Crippen LogP contribution < -0.4 is 5.32 Å². The molecule has 1 aromatic carbocycles. The minimum atomic E-state index is 0.473. The highest BCUT2D eigenvalue weighted by atomic mass is 35.5. The quantitative estimate of drug-likeness (QED) is 0.694. The number of benzene rings is 1. The van der Waals surface area contributed by atoms with E-state index in [-0.39, 0.29) is 0 Å². The van der Waals surface area contributed by atoms with Crippen LogP contribution in [-0.4, -0.2) is 15.0 Å². The van der Waals surface area contributed by atoms with E-state index in [1.165, 1.54) is 0 Å². The Morgan fingerprint density at radius 1 is 1.00 bits per heavy atom. The molecule has 0 aliphatic carbocycles. The molecule has 0 unspecified atom stereocenters. The van der Waals surface area contributed by atoms with Crippen molar-refractivity contribution in [1.82, 2.24) is 15.0 Å². The van der Waals surface area contributed by atoms with Gasteiger partial charge < -0.3 is 5.32 Å². The van der Waals surface area contributed by atoms with Crippen LogP contribution in [0, 0.1) is 6.92 Å². The molecule has 0 aliphatic heterocycles. The average Bonchev–Trinajstić information content (AvgIpc) is 2.50. The van der Waals surface area contributed by atoms with Gasteiger partial charge in [-0.15, -0.1) is 0 Å². The van der Waals surface area contributed by atoms with Crippen molar-refractivity contribution >= 4 is 34.8 Å². The molecule has 0 saturated heterocycles. The van der Waals surface area contributed by atoms with Crippen molar-refractivity contribution in [1.29, 1.82) is 0 Å². The lowest BCUT2D eigenvalue weighted by molar-refractivity contribution is 1.16. The number of hydrogen-bond donors (Lipinski definition) is 1. The van der Waals surface area contributed by atoms with E-state index in [2.05, 4.69) is 20.3 Å². The van der Waals surface area contributed by atoms with Crippen molar-refractivity contribution < 1.29 is 0 Å². The van der Waals surface area contributed by atoms with E-state index < -0.39 is 0 Å². The van der Waals surface area contributed by atoms with Crippen LogP contribution >= 0.6 is 23.2 Å². The summed E-state index contributed by atoms with van der Waals surface area (Å²) in [4.78, 5) is 12.8. The molecule has 3 rings (SSSR count). The summed E-state index contributed by atoms with van der Waals surface area (Å²) in [5.74, 6) is 0.493. The summed E-state index contributed by atoms with van der Waals surface area (Å²) in [6.07, 6.45) is 3.36. The minimum absolute atomic E-state index is 0.473. The molecule has 0 atom stereocenters. The number of hydrogen-bond acceptors (Lipinski definition) is 4. The molecule has 0 bridgehead atoms. The Morgan fingerprint density at radius 2 is 1.82 bits per heavy atom. The molecule has 22 heavy (non-hydrogen) atoms. The second-order valence-corrected chi connectivity index (χ2v) is 5.47. The Balaban J connectivity index is 1.94. The molecule has 2 aromatic heterocycles. The van der Waals surface area contributed by atoms with E-state index in [0.717, 1.165) is 22.5 Å². The molecule has 0 fully saturated rings. The largest absolute Gasteiger partial charge is 0.324 e. The predicted molar refractivity (Wildman–Crippen MR) is 89.7 cm³/mol. The number of aromatic nitrogens is 3. The highest BCUT2D eigenvalue weighted by molar-refractivity contribution is 6.31. The van der Waals surface area contributed by atoms with E-state index in [1.54, 1.807) is 12.4 Å². The monoisotopic (exact) mass is 330 g/mol. The average molecular weight is 331 g/mol. The fourth-order valence-corrected chi connectivity index (χ4v) is 2.40. The highest BCUT2D eigenvalue weighted by Gasteiger charge is 2.08. The standard InChI is InChI=1S/C16H12Cl2N4/c1-10-13(5-7-19-15(10)18)14-6-8-20-16(22-14)21-12-4-2-3-11(17)9-12/h2-9H,1H3,(H,20,21,22). The summed E-state index contributed by atoms with van der Waals surface area (Å²) in [7, 11) is 0. The third kappa shape index (κ3) is 3.18. The Kier molecular flexibility index (Phi) is 4.22. The molecule has 3 aromatic rings. The molecular weight excluding hydrogens is 319 g/mol. The lowest BCUT2D eigenvalue weighted by atomic mass is 10.1. The second kappa shape index (κ2) is 6.30. The number of anilines is 2. The Labute approximate surface area is 138 Å². The van der Waals surface area contributed by atoms with E-state index in [9.17, 15) is 0 Å². The first-order valence-corrected chi connectivity index (χ1v) is 7.36. The number of nitrogens with zero attached hydrogens (tertiary/aromatic N) is 3. The lowest BCUT2D eigenvalue weighted by Crippen LogP contribution is -1.98. The van der Waals surface area contributed by atoms with Crippen LogP contribution in [-0.2, 0) is 0 Å². The van der Waals surface area contributed by atoms with Gasteiger partial charge in [0.1, 0.15) is 5.15 Å². The van der Waals surface area contributed by atoms with Crippen LogP contribution in [0.25, 0.3) is 11.3 Å². The maximum Gasteiger partial charge on any atom is 0.227 e. The first-order chi connectivity index (χ1) is 10.6. The van der Waals surface area contributed by atoms with E-state index in [0.29, 0.717) is 16.1 Å². The molecule has 110 valence electrons. The lowest BCUT2D eigenvalue weighted by Gasteiger charge is -2.09. The Bertz CT molecular complexity index is 821. The molecule has 0 aliphatic rings. The minimum Gasteiger partial charge on any atom is -0.324 e. The van der Waals surface area contributed by atoms with E-state index in [1.807, 2.05) is 43.3 Å². The first kappa shape index (κ1) is 14.8. The molecule has 1 N–H and O–H groups in total. The van der Waals surface area contributed by atoms with Gasteiger partial charge in [0.2, 0.25) is 5.95 Å². The zero-order chi connectivity index (χ0) is 15.5. The molecular formula is C16H12Cl2N4. The SMILES string of the molecule is Cc1c(-c2ccnc(Nc3cccc(Cl)c3)n2)ccnc1Cl. The Hall–Kier alpha value is -2.17. The van der Waals surface area contributed by atoms with E-state index in [4.69, 9.17) is 23.2 Å². The van der Waals surface area contributed by atoms with Crippen molar-refractivity contribution in [3.63, 3.8) is 0 Å². The third-order valence-electron chi connectivity index (χ3n) is 3.15. The fourth-order valence-electron chi connectivity index (χ4n) is 2.05. The predicted octanol–water partition coefficient (Wildman–Crippen LogP) is 4.90. The zero-order valence-electron chi connectivity index (χ0n) is 11.7. The van der Waals surface area contributed by atoms with E-state index >= 15 is 0 Å². The highest BCUT2D eigenvalue weighted by Crippen LogP contribution is 2.26. The third-order valence-corrected chi connectivity index (χ3v) is 3.77. The first-order valence-electron chi connectivity index (χ1n) is 6.60. The molecule has 6 heteroatoms. The van der Waals surface area contributed by atoms with Gasteiger partial charge in [-0.3, -0.25) is 0 Å². The van der Waals surface area contributed by atoms with Crippen molar-refractivity contribution in [3.05, 3.63) is 64.5 Å². The van der Waals surface area contributed by atoms with Crippen molar-refractivity contribution in [2.75, 3.05) is 5.32 Å². The van der Waals surface area contributed by atoms with Crippen LogP contribution in [0.1, 0.15) is 5.56 Å². The van der Waals surface area contributed by atoms with Gasteiger partial charge in [-0.2, -0.15) is 0 Å². The molecule has 0 spiro atoms. The zero-order valence-corrected chi connectivity index (χ0v) is 13.2. The Morgan fingerprint density at radius 3 is 2.64 bits per heavy atom. The summed E-state index contributed by atoms with van der Waals surface area (Å²) in [6.45, 7) is 1.91. The molecule has 0 amide bonds. The van der Waals surface area contributed by atoms with Crippen molar-refractivity contribution in [2.24, 2.45) is 0 Å². The maximum absolute atomic E-state index is 6.07. The van der Waals surface area contributed by atoms with Gasteiger partial charge in [0.25, 0.3) is 0 Å². The molecule has 4 nitrogen and oxygen atoms in total. The summed E-state index contributed by atoms with van der Waals surface area (Å²) in [5.41, 5.74) is 3.42. The van der Waals surface area contributed by atoms with Crippen LogP contribution in [0.5, 0.6) is 0 Å². The van der Waals surface area contributed by atoms with Gasteiger partial charge in [0, 0.05) is 28.7 Å². The number of nitrogens with one attached hydrogen (secondary N) is 1. The summed E-state index contributed by atoms with van der Waals surface area (Å²) >= 11 is 12.0. The van der Waals surface area contributed by atoms with Crippen LogP contribution in [0.4, 0.5) is 11.6 Å². The number of rotatable bonds is 3. The number of halogens is 2. The van der Waals surface area contributed by atoms with Gasteiger partial charge in [-0.25, -0.2) is 15.0 Å². The topological polar surface area (TPSA) is 50.7 Å². The fraction of sp³-hybridized carbons (Fsp3) is 0.0625. The summed E-state index contributed by atoms with van der Waals surface area (Å²) in [5, 5.41) is 4.26. The maximum atomic E-state index is 6.07. The van der Waals surface area contributed by atoms with Crippen molar-refractivity contribution in [2.45, 2.75) is 6.92 Å². The number of pyridine rings is 1. The van der Waals surface area contributed by atoms with Gasteiger partial charge in [0.05, 0.1) is 5.69 Å². The van der Waals surface area contributed by atoms with Gasteiger partial charge in [-0.05, 0) is 42.8 Å². The molecule has 2 heterocycles. The second-order valence-electron chi connectivity index (χ2n) is 4.68. The summed E-state index contributed by atoms with van der Waals surface area (Å²) in [6, 6.07) is 11.1. The van der Waals surface area contributed by atoms with Gasteiger partial charge in [0.15, 0.2) is 0 Å². The summed E-state index contributed by atoms with van der Waals surface area (Å²) < 4.78 is 0. The molecule has 0 saturated carbocycles. The van der Waals surface area contributed by atoms with Crippen LogP contribution in [0.15, 0.2) is 48.8 Å². The molecule has 0 radical (unpaired) electrons.